The van der Waals surface area contributed by atoms with Gasteiger partial charge in [0, 0.05) is 26.8 Å². The van der Waals surface area contributed by atoms with Crippen molar-refractivity contribution in [2.75, 3.05) is 32.5 Å². The van der Waals surface area contributed by atoms with Gasteiger partial charge in [-0.25, -0.2) is 12.8 Å². The largest absolute Gasteiger partial charge is 0.398 e. The summed E-state index contributed by atoms with van der Waals surface area (Å²) in [5, 5.41) is 0. The van der Waals surface area contributed by atoms with E-state index in [-0.39, 0.29) is 10.6 Å². The molecule has 0 bridgehead atoms. The first-order valence-corrected chi connectivity index (χ1v) is 7.93. The van der Waals surface area contributed by atoms with Crippen molar-refractivity contribution in [3.8, 4) is 0 Å². The topological polar surface area (TPSA) is 72.6 Å². The molecule has 1 fully saturated rings. The zero-order valence-corrected chi connectivity index (χ0v) is 12.2. The molecule has 0 amide bonds. The van der Waals surface area contributed by atoms with Crippen LogP contribution in [-0.4, -0.2) is 39.5 Å². The molecule has 5 nitrogen and oxygen atoms in total. The predicted molar refractivity (Wildman–Crippen MR) is 74.2 cm³/mol. The maximum atomic E-state index is 13.3. The number of halogens is 1. The van der Waals surface area contributed by atoms with E-state index in [1.54, 1.807) is 7.11 Å². The second kappa shape index (κ2) is 6.07. The van der Waals surface area contributed by atoms with Crippen molar-refractivity contribution in [1.29, 1.82) is 0 Å². The van der Waals surface area contributed by atoms with Crippen LogP contribution in [0, 0.1) is 11.7 Å². The van der Waals surface area contributed by atoms with Gasteiger partial charge in [0.05, 0.1) is 5.69 Å². The molecule has 1 heterocycles. The van der Waals surface area contributed by atoms with Gasteiger partial charge in [-0.15, -0.1) is 0 Å². The van der Waals surface area contributed by atoms with Gasteiger partial charge in [-0.2, -0.15) is 4.31 Å². The average molecular weight is 302 g/mol. The van der Waals surface area contributed by atoms with Crippen LogP contribution in [0.25, 0.3) is 0 Å². The molecule has 0 unspecified atom stereocenters. The van der Waals surface area contributed by atoms with Crippen LogP contribution in [0.3, 0.4) is 0 Å². The molecule has 1 aliphatic heterocycles. The number of piperidine rings is 1. The van der Waals surface area contributed by atoms with Gasteiger partial charge in [0.1, 0.15) is 10.7 Å². The molecule has 1 saturated heterocycles. The average Bonchev–Trinajstić information content (AvgIpc) is 2.42. The second-order valence-electron chi connectivity index (χ2n) is 4.98. The standard InChI is InChI=1S/C13H19FN2O3S/c1-19-9-10-4-6-16(7-5-10)20(17,18)13-8-11(14)2-3-12(13)15/h2-3,8,10H,4-7,9,15H2,1H3. The minimum Gasteiger partial charge on any atom is -0.398 e. The molecule has 0 spiro atoms. The number of rotatable bonds is 4. The van der Waals surface area contributed by atoms with Crippen molar-refractivity contribution in [3.63, 3.8) is 0 Å². The van der Waals surface area contributed by atoms with E-state index in [0.29, 0.717) is 25.6 Å². The summed E-state index contributed by atoms with van der Waals surface area (Å²) in [6.45, 7) is 1.45. The third-order valence-electron chi connectivity index (χ3n) is 3.57. The molecule has 112 valence electrons. The summed E-state index contributed by atoms with van der Waals surface area (Å²) in [6, 6.07) is 3.41. The van der Waals surface area contributed by atoms with E-state index in [0.717, 1.165) is 25.0 Å². The van der Waals surface area contributed by atoms with Crippen LogP contribution in [0.2, 0.25) is 0 Å². The summed E-state index contributed by atoms with van der Waals surface area (Å²) >= 11 is 0. The third kappa shape index (κ3) is 3.11. The van der Waals surface area contributed by atoms with Crippen molar-refractivity contribution in [3.05, 3.63) is 24.0 Å². The van der Waals surface area contributed by atoms with Crippen LogP contribution in [0.4, 0.5) is 10.1 Å². The fraction of sp³-hybridized carbons (Fsp3) is 0.538. The van der Waals surface area contributed by atoms with Crippen molar-refractivity contribution < 1.29 is 17.5 Å². The summed E-state index contributed by atoms with van der Waals surface area (Å²) in [5.41, 5.74) is 5.74. The maximum absolute atomic E-state index is 13.3. The van der Waals surface area contributed by atoms with E-state index in [1.165, 1.54) is 10.4 Å². The van der Waals surface area contributed by atoms with Crippen LogP contribution in [-0.2, 0) is 14.8 Å². The number of anilines is 1. The van der Waals surface area contributed by atoms with E-state index >= 15 is 0 Å². The highest BCUT2D eigenvalue weighted by atomic mass is 32.2. The number of methoxy groups -OCH3 is 1. The Hall–Kier alpha value is -1.18. The molecule has 0 aromatic heterocycles. The number of sulfonamides is 1. The molecule has 7 heteroatoms. The minimum absolute atomic E-state index is 0.0745. The Morgan fingerprint density at radius 2 is 2.05 bits per heavy atom. The number of hydrogen-bond acceptors (Lipinski definition) is 4. The van der Waals surface area contributed by atoms with Gasteiger partial charge in [-0.3, -0.25) is 0 Å². The van der Waals surface area contributed by atoms with Gasteiger partial charge < -0.3 is 10.5 Å². The summed E-state index contributed by atoms with van der Waals surface area (Å²) in [5.74, 6) is -0.233. The molecule has 1 aliphatic rings. The quantitative estimate of drug-likeness (QED) is 0.855. The Morgan fingerprint density at radius 1 is 1.40 bits per heavy atom. The van der Waals surface area contributed by atoms with E-state index in [9.17, 15) is 12.8 Å². The van der Waals surface area contributed by atoms with E-state index in [2.05, 4.69) is 0 Å². The van der Waals surface area contributed by atoms with Gasteiger partial charge in [0.15, 0.2) is 0 Å². The zero-order chi connectivity index (χ0) is 14.8. The van der Waals surface area contributed by atoms with Crippen LogP contribution in [0.15, 0.2) is 23.1 Å². The highest BCUT2D eigenvalue weighted by Gasteiger charge is 2.30. The zero-order valence-electron chi connectivity index (χ0n) is 11.4. The monoisotopic (exact) mass is 302 g/mol. The molecule has 0 radical (unpaired) electrons. The number of hydrogen-bond donors (Lipinski definition) is 1. The fourth-order valence-electron chi connectivity index (χ4n) is 2.42. The first-order valence-electron chi connectivity index (χ1n) is 6.49. The van der Waals surface area contributed by atoms with Gasteiger partial charge in [0.25, 0.3) is 0 Å². The first-order chi connectivity index (χ1) is 9.45. The van der Waals surface area contributed by atoms with Crippen molar-refractivity contribution in [2.45, 2.75) is 17.7 Å². The van der Waals surface area contributed by atoms with Crippen molar-refractivity contribution in [2.24, 2.45) is 5.92 Å². The number of nitrogens with two attached hydrogens (primary N) is 1. The number of nitrogens with zero attached hydrogens (tertiary/aromatic N) is 1. The fourth-order valence-corrected chi connectivity index (χ4v) is 4.02. The van der Waals surface area contributed by atoms with Crippen LogP contribution in [0.5, 0.6) is 0 Å². The molecular formula is C13H19FN2O3S. The van der Waals surface area contributed by atoms with E-state index in [4.69, 9.17) is 10.5 Å². The lowest BCUT2D eigenvalue weighted by Gasteiger charge is -2.31. The Bertz CT molecular complexity index is 569. The molecule has 1 aromatic rings. The Labute approximate surface area is 118 Å². The highest BCUT2D eigenvalue weighted by Crippen LogP contribution is 2.27. The Morgan fingerprint density at radius 3 is 2.65 bits per heavy atom. The molecule has 2 N–H and O–H groups in total. The van der Waals surface area contributed by atoms with E-state index in [1.807, 2.05) is 0 Å². The molecule has 0 aliphatic carbocycles. The highest BCUT2D eigenvalue weighted by molar-refractivity contribution is 7.89. The van der Waals surface area contributed by atoms with Crippen molar-refractivity contribution >= 4 is 15.7 Å². The number of ether oxygens (including phenoxy) is 1. The Balaban J connectivity index is 2.18. The van der Waals surface area contributed by atoms with Gasteiger partial charge in [-0.05, 0) is 37.0 Å². The summed E-state index contributed by atoms with van der Waals surface area (Å²) in [6.07, 6.45) is 1.48. The van der Waals surface area contributed by atoms with Gasteiger partial charge in [-0.1, -0.05) is 0 Å². The summed E-state index contributed by atoms with van der Waals surface area (Å²) < 4.78 is 44.6. The smallest absolute Gasteiger partial charge is 0.245 e. The predicted octanol–water partition coefficient (Wildman–Crippen LogP) is 1.45. The first kappa shape index (κ1) is 15.2. The van der Waals surface area contributed by atoms with Gasteiger partial charge in [0.2, 0.25) is 10.0 Å². The van der Waals surface area contributed by atoms with Crippen LogP contribution in [0.1, 0.15) is 12.8 Å². The normalized spacial score (nSPS) is 18.3. The lowest BCUT2D eigenvalue weighted by atomic mass is 9.99. The molecular weight excluding hydrogens is 283 g/mol. The molecule has 1 aromatic carbocycles. The number of benzene rings is 1. The van der Waals surface area contributed by atoms with Crippen LogP contribution >= 0.6 is 0 Å². The summed E-state index contributed by atoms with van der Waals surface area (Å²) in [7, 11) is -2.09. The SMILES string of the molecule is COCC1CCN(S(=O)(=O)c2cc(F)ccc2N)CC1. The van der Waals surface area contributed by atoms with Crippen LogP contribution < -0.4 is 5.73 Å². The number of nitrogen functional groups attached to an aromatic ring is 1. The molecule has 2 rings (SSSR count). The third-order valence-corrected chi connectivity index (χ3v) is 5.52. The summed E-state index contributed by atoms with van der Waals surface area (Å²) in [4.78, 5) is -0.150. The molecule has 0 atom stereocenters. The lowest BCUT2D eigenvalue weighted by molar-refractivity contribution is 0.121. The second-order valence-corrected chi connectivity index (χ2v) is 6.89. The minimum atomic E-state index is -3.73. The van der Waals surface area contributed by atoms with Crippen molar-refractivity contribution in [1.82, 2.24) is 4.31 Å². The van der Waals surface area contributed by atoms with E-state index < -0.39 is 15.8 Å². The molecule has 20 heavy (non-hydrogen) atoms. The Kier molecular flexibility index (Phi) is 4.62. The lowest BCUT2D eigenvalue weighted by Crippen LogP contribution is -2.39. The maximum Gasteiger partial charge on any atom is 0.245 e. The van der Waals surface area contributed by atoms with Gasteiger partial charge >= 0.3 is 0 Å². The molecule has 0 saturated carbocycles.